The lowest BCUT2D eigenvalue weighted by molar-refractivity contribution is 0.207. The van der Waals surface area contributed by atoms with E-state index in [1.54, 1.807) is 17.9 Å². The van der Waals surface area contributed by atoms with Gasteiger partial charge in [0.15, 0.2) is 0 Å². The van der Waals surface area contributed by atoms with Gasteiger partial charge in [0.05, 0.1) is 26.8 Å². The highest BCUT2D eigenvalue weighted by Gasteiger charge is 2.21. The molecule has 1 unspecified atom stereocenters. The summed E-state index contributed by atoms with van der Waals surface area (Å²) in [5.41, 5.74) is 2.49. The molecule has 2 rings (SSSR count). The lowest BCUT2D eigenvalue weighted by atomic mass is 10.2. The monoisotopic (exact) mass is 301 g/mol. The predicted molar refractivity (Wildman–Crippen MR) is 66.5 cm³/mol. The number of rotatable bonds is 3. The van der Waals surface area contributed by atoms with Gasteiger partial charge in [-0.2, -0.15) is 5.10 Å². The van der Waals surface area contributed by atoms with Crippen molar-refractivity contribution >= 4 is 27.3 Å². The topological polar surface area (TPSA) is 50.9 Å². The Balaban J connectivity index is 2.43. The number of hydrogen-bond acceptors (Lipinski definition) is 4. The molecule has 1 atom stereocenters. The molecule has 86 valence electrons. The minimum Gasteiger partial charge on any atom is -0.381 e. The highest BCUT2D eigenvalue weighted by Crippen LogP contribution is 2.31. The van der Waals surface area contributed by atoms with Crippen molar-refractivity contribution in [2.45, 2.75) is 26.0 Å². The van der Waals surface area contributed by atoms with E-state index in [0.717, 1.165) is 15.0 Å². The predicted octanol–water partition coefficient (Wildman–Crippen LogP) is 2.76. The van der Waals surface area contributed by atoms with Crippen LogP contribution in [0.4, 0.5) is 0 Å². The van der Waals surface area contributed by atoms with Crippen LogP contribution in [-0.4, -0.2) is 19.9 Å². The van der Waals surface area contributed by atoms with Gasteiger partial charge in [-0.3, -0.25) is 9.67 Å². The summed E-state index contributed by atoms with van der Waals surface area (Å²) in [5.74, 6) is 0. The summed E-state index contributed by atoms with van der Waals surface area (Å²) < 4.78 is 2.64. The summed E-state index contributed by atoms with van der Waals surface area (Å²) in [6.07, 6.45) is 2.71. The quantitative estimate of drug-likeness (QED) is 0.948. The van der Waals surface area contributed by atoms with Gasteiger partial charge in [0.2, 0.25) is 0 Å². The SMILES string of the molecule is CC(C)n1ncc(Br)c1C(O)c1cncs1. The molecule has 0 fully saturated rings. The summed E-state index contributed by atoms with van der Waals surface area (Å²) >= 11 is 4.85. The maximum atomic E-state index is 10.3. The Hall–Kier alpha value is -0.720. The summed E-state index contributed by atoms with van der Waals surface area (Å²) in [6, 6.07) is 0.212. The first-order valence-corrected chi connectivity index (χ1v) is 6.58. The van der Waals surface area contributed by atoms with Gasteiger partial charge in [0.1, 0.15) is 6.10 Å². The molecule has 0 spiro atoms. The molecule has 16 heavy (non-hydrogen) atoms. The third-order valence-electron chi connectivity index (χ3n) is 2.26. The molecule has 0 aromatic carbocycles. The Morgan fingerprint density at radius 2 is 2.19 bits per heavy atom. The standard InChI is InChI=1S/C10H12BrN3OS/c1-6(2)14-9(7(11)3-13-14)10(15)8-4-12-5-16-8/h3-6,10,15H,1-2H3. The minimum absolute atomic E-state index is 0.212. The van der Waals surface area contributed by atoms with Crippen LogP contribution in [0.1, 0.15) is 36.6 Å². The van der Waals surface area contributed by atoms with E-state index in [-0.39, 0.29) is 6.04 Å². The molecule has 2 aromatic rings. The van der Waals surface area contributed by atoms with Gasteiger partial charge < -0.3 is 5.11 Å². The van der Waals surface area contributed by atoms with E-state index in [9.17, 15) is 5.11 Å². The molecule has 0 radical (unpaired) electrons. The third-order valence-corrected chi connectivity index (χ3v) is 3.70. The second kappa shape index (κ2) is 4.65. The van der Waals surface area contributed by atoms with Crippen molar-refractivity contribution in [3.63, 3.8) is 0 Å². The average Bonchev–Trinajstić information content (AvgIpc) is 2.84. The lowest BCUT2D eigenvalue weighted by Crippen LogP contribution is -2.11. The molecule has 0 bridgehead atoms. The molecule has 2 aromatic heterocycles. The number of aliphatic hydroxyl groups excluding tert-OH is 1. The molecule has 0 aliphatic heterocycles. The number of nitrogens with zero attached hydrogens (tertiary/aromatic N) is 3. The van der Waals surface area contributed by atoms with Gasteiger partial charge >= 0.3 is 0 Å². The van der Waals surface area contributed by atoms with Crippen molar-refractivity contribution in [2.75, 3.05) is 0 Å². The van der Waals surface area contributed by atoms with Gasteiger partial charge in [0, 0.05) is 12.2 Å². The number of aliphatic hydroxyl groups is 1. The first kappa shape index (κ1) is 11.8. The molecule has 0 aliphatic carbocycles. The first-order valence-electron chi connectivity index (χ1n) is 4.90. The van der Waals surface area contributed by atoms with Crippen LogP contribution in [0.5, 0.6) is 0 Å². The van der Waals surface area contributed by atoms with E-state index in [1.807, 2.05) is 18.5 Å². The fourth-order valence-electron chi connectivity index (χ4n) is 1.51. The van der Waals surface area contributed by atoms with Crippen LogP contribution >= 0.6 is 27.3 Å². The molecule has 6 heteroatoms. The smallest absolute Gasteiger partial charge is 0.132 e. The number of hydrogen-bond donors (Lipinski definition) is 1. The average molecular weight is 302 g/mol. The highest BCUT2D eigenvalue weighted by atomic mass is 79.9. The summed E-state index contributed by atoms with van der Waals surface area (Å²) in [6.45, 7) is 4.06. The molecule has 0 saturated carbocycles. The maximum absolute atomic E-state index is 10.3. The number of thiazole rings is 1. The van der Waals surface area contributed by atoms with Crippen molar-refractivity contribution in [1.29, 1.82) is 0 Å². The van der Waals surface area contributed by atoms with Crippen LogP contribution in [0.2, 0.25) is 0 Å². The third kappa shape index (κ3) is 2.05. The van der Waals surface area contributed by atoms with Crippen molar-refractivity contribution in [3.05, 3.63) is 32.9 Å². The fourth-order valence-corrected chi connectivity index (χ4v) is 2.61. The van der Waals surface area contributed by atoms with E-state index in [2.05, 4.69) is 26.0 Å². The first-order chi connectivity index (χ1) is 7.61. The summed E-state index contributed by atoms with van der Waals surface area (Å²) in [7, 11) is 0. The van der Waals surface area contributed by atoms with Crippen molar-refractivity contribution < 1.29 is 5.11 Å². The van der Waals surface area contributed by atoms with E-state index in [4.69, 9.17) is 0 Å². The van der Waals surface area contributed by atoms with Gasteiger partial charge in [0.25, 0.3) is 0 Å². The Morgan fingerprint density at radius 1 is 1.44 bits per heavy atom. The zero-order valence-corrected chi connectivity index (χ0v) is 11.4. The maximum Gasteiger partial charge on any atom is 0.132 e. The summed E-state index contributed by atoms with van der Waals surface area (Å²) in [4.78, 5) is 4.79. The molecule has 0 saturated heterocycles. The van der Waals surface area contributed by atoms with Crippen LogP contribution < -0.4 is 0 Å². The van der Waals surface area contributed by atoms with E-state index < -0.39 is 6.10 Å². The zero-order valence-electron chi connectivity index (χ0n) is 8.96. The highest BCUT2D eigenvalue weighted by molar-refractivity contribution is 9.10. The normalized spacial score (nSPS) is 13.3. The second-order valence-electron chi connectivity index (χ2n) is 3.72. The van der Waals surface area contributed by atoms with E-state index in [1.165, 1.54) is 11.3 Å². The minimum atomic E-state index is -0.674. The largest absolute Gasteiger partial charge is 0.381 e. The summed E-state index contributed by atoms with van der Waals surface area (Å²) in [5, 5.41) is 14.5. The molecule has 0 amide bonds. The van der Waals surface area contributed by atoms with Crippen LogP contribution in [0, 0.1) is 0 Å². The van der Waals surface area contributed by atoms with Gasteiger partial charge in [-0.05, 0) is 29.8 Å². The van der Waals surface area contributed by atoms with Gasteiger partial charge in [-0.15, -0.1) is 11.3 Å². The van der Waals surface area contributed by atoms with Crippen LogP contribution in [0.25, 0.3) is 0 Å². The molecular weight excluding hydrogens is 290 g/mol. The Bertz CT molecular complexity index is 466. The number of aromatic nitrogens is 3. The van der Waals surface area contributed by atoms with Crippen molar-refractivity contribution in [3.8, 4) is 0 Å². The van der Waals surface area contributed by atoms with Gasteiger partial charge in [-0.1, -0.05) is 0 Å². The van der Waals surface area contributed by atoms with E-state index >= 15 is 0 Å². The Morgan fingerprint density at radius 3 is 2.75 bits per heavy atom. The molecule has 2 heterocycles. The Labute approximate surface area is 106 Å². The Kier molecular flexibility index (Phi) is 3.41. The number of halogens is 1. The zero-order chi connectivity index (χ0) is 11.7. The fraction of sp³-hybridized carbons (Fsp3) is 0.400. The second-order valence-corrected chi connectivity index (χ2v) is 5.49. The van der Waals surface area contributed by atoms with Crippen molar-refractivity contribution in [2.24, 2.45) is 0 Å². The molecular formula is C10H12BrN3OS. The van der Waals surface area contributed by atoms with Crippen LogP contribution in [-0.2, 0) is 0 Å². The van der Waals surface area contributed by atoms with Crippen LogP contribution in [0.3, 0.4) is 0 Å². The van der Waals surface area contributed by atoms with Gasteiger partial charge in [-0.25, -0.2) is 0 Å². The van der Waals surface area contributed by atoms with E-state index in [0.29, 0.717) is 0 Å². The molecule has 0 aliphatic rings. The van der Waals surface area contributed by atoms with Crippen molar-refractivity contribution in [1.82, 2.24) is 14.8 Å². The lowest BCUT2D eigenvalue weighted by Gasteiger charge is -2.15. The van der Waals surface area contributed by atoms with Crippen LogP contribution in [0.15, 0.2) is 22.4 Å². The molecule has 1 N–H and O–H groups in total. The molecule has 4 nitrogen and oxygen atoms in total.